The lowest BCUT2D eigenvalue weighted by Crippen LogP contribution is -2.42. The minimum Gasteiger partial charge on any atom is -0.473 e. The summed E-state index contributed by atoms with van der Waals surface area (Å²) in [4.78, 5) is 28.1. The number of aromatic amines is 1. The van der Waals surface area contributed by atoms with Crippen LogP contribution in [0, 0.1) is 0 Å². The number of amides is 1. The second-order valence-electron chi connectivity index (χ2n) is 6.23. The standard InChI is InChI=1S/C18H18N6O3/c25-16-12-13(4-8-19-16)18(26)23-10-5-14(6-11-23)27-17-3-2-15(21-22-17)24-9-1-7-20-24/h1-4,7-9,12,14H,5-6,10-11H2,(H,19,25). The van der Waals surface area contributed by atoms with E-state index in [1.807, 2.05) is 6.07 Å². The van der Waals surface area contributed by atoms with Gasteiger partial charge in [-0.25, -0.2) is 4.68 Å². The van der Waals surface area contributed by atoms with Gasteiger partial charge in [0.1, 0.15) is 6.10 Å². The molecule has 3 aromatic rings. The van der Waals surface area contributed by atoms with Gasteiger partial charge in [-0.1, -0.05) is 0 Å². The Morgan fingerprint density at radius 3 is 2.70 bits per heavy atom. The van der Waals surface area contributed by atoms with Gasteiger partial charge in [-0.05, 0) is 18.2 Å². The number of nitrogens with one attached hydrogen (secondary N) is 1. The third-order valence-corrected chi connectivity index (χ3v) is 4.40. The van der Waals surface area contributed by atoms with Crippen molar-refractivity contribution in [3.05, 3.63) is 64.8 Å². The van der Waals surface area contributed by atoms with E-state index in [0.717, 1.165) is 0 Å². The predicted octanol–water partition coefficient (Wildman–Crippen LogP) is 1.03. The monoisotopic (exact) mass is 366 g/mol. The largest absolute Gasteiger partial charge is 0.473 e. The van der Waals surface area contributed by atoms with Gasteiger partial charge in [-0.15, -0.1) is 10.2 Å². The summed E-state index contributed by atoms with van der Waals surface area (Å²) >= 11 is 0. The highest BCUT2D eigenvalue weighted by Gasteiger charge is 2.25. The zero-order valence-corrected chi connectivity index (χ0v) is 14.5. The van der Waals surface area contributed by atoms with E-state index >= 15 is 0 Å². The maximum atomic E-state index is 12.5. The first-order valence-corrected chi connectivity index (χ1v) is 8.67. The maximum Gasteiger partial charge on any atom is 0.254 e. The van der Waals surface area contributed by atoms with Gasteiger partial charge < -0.3 is 14.6 Å². The Bertz CT molecular complexity index is 959. The lowest BCUT2D eigenvalue weighted by Gasteiger charge is -2.31. The van der Waals surface area contributed by atoms with E-state index in [2.05, 4.69) is 20.3 Å². The number of rotatable bonds is 4. The Morgan fingerprint density at radius 1 is 1.19 bits per heavy atom. The molecule has 0 aromatic carbocycles. The lowest BCUT2D eigenvalue weighted by atomic mass is 10.1. The molecule has 0 unspecified atom stereocenters. The van der Waals surface area contributed by atoms with E-state index in [4.69, 9.17) is 4.74 Å². The number of hydrogen-bond donors (Lipinski definition) is 1. The Hall–Kier alpha value is -3.49. The summed E-state index contributed by atoms with van der Waals surface area (Å²) in [5, 5.41) is 12.3. The number of piperidine rings is 1. The molecule has 4 heterocycles. The molecule has 0 aliphatic carbocycles. The lowest BCUT2D eigenvalue weighted by molar-refractivity contribution is 0.0586. The third kappa shape index (κ3) is 3.86. The molecule has 1 fully saturated rings. The average Bonchev–Trinajstić information content (AvgIpc) is 3.23. The Kier molecular flexibility index (Phi) is 4.65. The highest BCUT2D eigenvalue weighted by molar-refractivity contribution is 5.94. The van der Waals surface area contributed by atoms with E-state index in [1.165, 1.54) is 12.3 Å². The molecule has 1 N–H and O–H groups in total. The fourth-order valence-corrected chi connectivity index (χ4v) is 3.01. The highest BCUT2D eigenvalue weighted by atomic mass is 16.5. The minimum atomic E-state index is -0.281. The molecular formula is C18H18N6O3. The number of H-pyrrole nitrogens is 1. The summed E-state index contributed by atoms with van der Waals surface area (Å²) < 4.78 is 7.50. The second kappa shape index (κ2) is 7.40. The molecule has 9 heteroatoms. The molecule has 0 radical (unpaired) electrons. The SMILES string of the molecule is O=C(c1cc[nH]c(=O)c1)N1CCC(Oc2ccc(-n3cccn3)nn2)CC1. The van der Waals surface area contributed by atoms with Crippen LogP contribution in [0.5, 0.6) is 5.88 Å². The molecule has 0 atom stereocenters. The van der Waals surface area contributed by atoms with Crippen LogP contribution in [-0.2, 0) is 0 Å². The molecule has 27 heavy (non-hydrogen) atoms. The van der Waals surface area contributed by atoms with Crippen molar-refractivity contribution in [2.75, 3.05) is 13.1 Å². The van der Waals surface area contributed by atoms with Crippen molar-refractivity contribution in [3.63, 3.8) is 0 Å². The zero-order valence-electron chi connectivity index (χ0n) is 14.5. The molecule has 1 aliphatic heterocycles. The van der Waals surface area contributed by atoms with E-state index in [0.29, 0.717) is 43.2 Å². The van der Waals surface area contributed by atoms with Gasteiger partial charge in [-0.2, -0.15) is 5.10 Å². The number of aromatic nitrogens is 5. The molecule has 9 nitrogen and oxygen atoms in total. The van der Waals surface area contributed by atoms with Gasteiger partial charge >= 0.3 is 0 Å². The summed E-state index contributed by atoms with van der Waals surface area (Å²) in [5.41, 5.74) is 0.120. The summed E-state index contributed by atoms with van der Waals surface area (Å²) in [6.07, 6.45) is 6.30. The predicted molar refractivity (Wildman–Crippen MR) is 95.8 cm³/mol. The first-order chi connectivity index (χ1) is 13.2. The molecule has 0 bridgehead atoms. The number of pyridine rings is 1. The van der Waals surface area contributed by atoms with Crippen LogP contribution in [0.2, 0.25) is 0 Å². The topological polar surface area (TPSA) is 106 Å². The number of nitrogens with zero attached hydrogens (tertiary/aromatic N) is 5. The fraction of sp³-hybridized carbons (Fsp3) is 0.278. The summed E-state index contributed by atoms with van der Waals surface area (Å²) in [6.45, 7) is 1.13. The zero-order chi connectivity index (χ0) is 18.6. The van der Waals surface area contributed by atoms with Crippen molar-refractivity contribution >= 4 is 5.91 Å². The minimum absolute atomic E-state index is 0.0296. The van der Waals surface area contributed by atoms with E-state index in [1.54, 1.807) is 40.2 Å². The van der Waals surface area contributed by atoms with Gasteiger partial charge in [-0.3, -0.25) is 9.59 Å². The van der Waals surface area contributed by atoms with Crippen molar-refractivity contribution in [1.29, 1.82) is 0 Å². The first-order valence-electron chi connectivity index (χ1n) is 8.67. The highest BCUT2D eigenvalue weighted by Crippen LogP contribution is 2.18. The quantitative estimate of drug-likeness (QED) is 0.739. The van der Waals surface area contributed by atoms with Gasteiger partial charge in [0.2, 0.25) is 11.4 Å². The number of carbonyl (C=O) groups excluding carboxylic acids is 1. The van der Waals surface area contributed by atoms with Crippen LogP contribution in [0.1, 0.15) is 23.2 Å². The van der Waals surface area contributed by atoms with Crippen LogP contribution < -0.4 is 10.3 Å². The van der Waals surface area contributed by atoms with Crippen molar-refractivity contribution in [3.8, 4) is 11.7 Å². The molecule has 3 aromatic heterocycles. The maximum absolute atomic E-state index is 12.5. The van der Waals surface area contributed by atoms with Gasteiger partial charge in [0, 0.05) is 62.2 Å². The fourth-order valence-electron chi connectivity index (χ4n) is 3.01. The Labute approximate surface area is 154 Å². The molecule has 138 valence electrons. The van der Waals surface area contributed by atoms with Crippen LogP contribution in [0.25, 0.3) is 5.82 Å². The van der Waals surface area contributed by atoms with Gasteiger partial charge in [0.25, 0.3) is 5.91 Å². The smallest absolute Gasteiger partial charge is 0.254 e. The molecule has 1 saturated heterocycles. The molecule has 0 spiro atoms. The van der Waals surface area contributed by atoms with Gasteiger partial charge in [0.15, 0.2) is 5.82 Å². The van der Waals surface area contributed by atoms with Crippen molar-refractivity contribution in [1.82, 2.24) is 29.9 Å². The van der Waals surface area contributed by atoms with Crippen LogP contribution in [0.4, 0.5) is 0 Å². The number of ether oxygens (including phenoxy) is 1. The third-order valence-electron chi connectivity index (χ3n) is 4.40. The molecule has 1 aliphatic rings. The molecule has 1 amide bonds. The Morgan fingerprint density at radius 2 is 2.04 bits per heavy atom. The van der Waals surface area contributed by atoms with Gasteiger partial charge in [0.05, 0.1) is 0 Å². The molecule has 0 saturated carbocycles. The molecular weight excluding hydrogens is 348 g/mol. The van der Waals surface area contributed by atoms with Crippen molar-refractivity contribution in [2.24, 2.45) is 0 Å². The number of hydrogen-bond acceptors (Lipinski definition) is 6. The average molecular weight is 366 g/mol. The second-order valence-corrected chi connectivity index (χ2v) is 6.23. The number of likely N-dealkylation sites (tertiary alicyclic amines) is 1. The van der Waals surface area contributed by atoms with E-state index in [-0.39, 0.29) is 17.6 Å². The van der Waals surface area contributed by atoms with Crippen molar-refractivity contribution < 1.29 is 9.53 Å². The number of carbonyl (C=O) groups is 1. The normalized spacial score (nSPS) is 14.9. The van der Waals surface area contributed by atoms with Crippen LogP contribution in [0.3, 0.4) is 0 Å². The summed E-state index contributed by atoms with van der Waals surface area (Å²) in [6, 6.07) is 8.30. The van der Waals surface area contributed by atoms with Crippen LogP contribution in [-0.4, -0.2) is 55.0 Å². The molecule has 4 rings (SSSR count). The van der Waals surface area contributed by atoms with Crippen LogP contribution in [0.15, 0.2) is 53.7 Å². The van der Waals surface area contributed by atoms with E-state index in [9.17, 15) is 9.59 Å². The van der Waals surface area contributed by atoms with Crippen LogP contribution >= 0.6 is 0 Å². The first kappa shape index (κ1) is 17.0. The Balaban J connectivity index is 1.33. The van der Waals surface area contributed by atoms with Crippen molar-refractivity contribution in [2.45, 2.75) is 18.9 Å². The summed E-state index contributed by atoms with van der Waals surface area (Å²) in [7, 11) is 0. The van der Waals surface area contributed by atoms with E-state index < -0.39 is 0 Å². The summed E-state index contributed by atoms with van der Waals surface area (Å²) in [5.74, 6) is 0.929.